The van der Waals surface area contributed by atoms with Gasteiger partial charge in [0.25, 0.3) is 0 Å². The third-order valence-corrected chi connectivity index (χ3v) is 3.50. The summed E-state index contributed by atoms with van der Waals surface area (Å²) >= 11 is 0. The van der Waals surface area contributed by atoms with Gasteiger partial charge < -0.3 is 4.74 Å². The Morgan fingerprint density at radius 1 is 0.870 bits per heavy atom. The Labute approximate surface area is 134 Å². The van der Waals surface area contributed by atoms with Crippen molar-refractivity contribution >= 4 is 0 Å². The first-order chi connectivity index (χ1) is 11.3. The SMILES string of the molecule is N#Cc1ccc(-c2cccc(F)c2)cc1OCc1ccccc1. The Bertz CT molecular complexity index is 853. The average Bonchev–Trinajstić information content (AvgIpc) is 2.60. The van der Waals surface area contributed by atoms with Gasteiger partial charge in [0.2, 0.25) is 0 Å². The van der Waals surface area contributed by atoms with Gasteiger partial charge in [0, 0.05) is 0 Å². The highest BCUT2D eigenvalue weighted by Gasteiger charge is 2.07. The van der Waals surface area contributed by atoms with Gasteiger partial charge in [-0.3, -0.25) is 0 Å². The highest BCUT2D eigenvalue weighted by atomic mass is 19.1. The van der Waals surface area contributed by atoms with Gasteiger partial charge in [0.1, 0.15) is 24.2 Å². The number of nitrogens with zero attached hydrogens (tertiary/aromatic N) is 1. The van der Waals surface area contributed by atoms with E-state index < -0.39 is 0 Å². The molecule has 0 atom stereocenters. The van der Waals surface area contributed by atoms with Crippen LogP contribution in [-0.4, -0.2) is 0 Å². The summed E-state index contributed by atoms with van der Waals surface area (Å²) in [6.07, 6.45) is 0. The minimum atomic E-state index is -0.293. The molecule has 0 heterocycles. The molecule has 0 fully saturated rings. The molecule has 0 saturated heterocycles. The lowest BCUT2D eigenvalue weighted by Gasteiger charge is -2.10. The second-order valence-electron chi connectivity index (χ2n) is 5.11. The zero-order valence-electron chi connectivity index (χ0n) is 12.4. The van der Waals surface area contributed by atoms with E-state index in [1.807, 2.05) is 36.4 Å². The van der Waals surface area contributed by atoms with Crippen LogP contribution >= 0.6 is 0 Å². The quantitative estimate of drug-likeness (QED) is 0.683. The molecule has 3 aromatic rings. The van der Waals surface area contributed by atoms with Crippen molar-refractivity contribution in [2.45, 2.75) is 6.61 Å². The monoisotopic (exact) mass is 303 g/mol. The van der Waals surface area contributed by atoms with E-state index in [0.29, 0.717) is 17.9 Å². The van der Waals surface area contributed by atoms with E-state index >= 15 is 0 Å². The molecule has 0 unspecified atom stereocenters. The summed E-state index contributed by atoms with van der Waals surface area (Å²) in [6, 6.07) is 23.5. The number of ether oxygens (including phenoxy) is 1. The van der Waals surface area contributed by atoms with Crippen molar-refractivity contribution in [3.63, 3.8) is 0 Å². The minimum Gasteiger partial charge on any atom is -0.488 e. The van der Waals surface area contributed by atoms with Crippen LogP contribution in [0.3, 0.4) is 0 Å². The van der Waals surface area contributed by atoms with Crippen LogP contribution in [0.25, 0.3) is 11.1 Å². The molecule has 2 nitrogen and oxygen atoms in total. The van der Waals surface area contributed by atoms with Gasteiger partial charge in [-0.25, -0.2) is 4.39 Å². The summed E-state index contributed by atoms with van der Waals surface area (Å²) in [5, 5.41) is 9.23. The predicted molar refractivity (Wildman–Crippen MR) is 87.3 cm³/mol. The van der Waals surface area contributed by atoms with Gasteiger partial charge in [-0.2, -0.15) is 5.26 Å². The molecule has 3 rings (SSSR count). The van der Waals surface area contributed by atoms with Crippen molar-refractivity contribution < 1.29 is 9.13 Å². The smallest absolute Gasteiger partial charge is 0.138 e. The largest absolute Gasteiger partial charge is 0.488 e. The highest BCUT2D eigenvalue weighted by Crippen LogP contribution is 2.28. The normalized spacial score (nSPS) is 10.1. The molecule has 3 heteroatoms. The fourth-order valence-corrected chi connectivity index (χ4v) is 2.32. The third kappa shape index (κ3) is 3.56. The maximum Gasteiger partial charge on any atom is 0.138 e. The molecular formula is C20H14FNO. The molecule has 0 radical (unpaired) electrons. The van der Waals surface area contributed by atoms with Crippen LogP contribution in [0.1, 0.15) is 11.1 Å². The fraction of sp³-hybridized carbons (Fsp3) is 0.0500. The van der Waals surface area contributed by atoms with Gasteiger partial charge in [0.05, 0.1) is 5.56 Å². The lowest BCUT2D eigenvalue weighted by Crippen LogP contribution is -1.97. The minimum absolute atomic E-state index is 0.293. The van der Waals surface area contributed by atoms with E-state index in [4.69, 9.17) is 4.74 Å². The Kier molecular flexibility index (Phi) is 4.35. The standard InChI is InChI=1S/C20H14FNO/c21-19-8-4-7-16(11-19)17-9-10-18(13-22)20(12-17)23-14-15-5-2-1-3-6-15/h1-12H,14H2. The molecule has 0 aliphatic rings. The molecule has 23 heavy (non-hydrogen) atoms. The molecule has 0 aliphatic heterocycles. The molecule has 0 saturated carbocycles. The van der Waals surface area contributed by atoms with E-state index in [1.165, 1.54) is 12.1 Å². The number of nitriles is 1. The number of hydrogen-bond acceptors (Lipinski definition) is 2. The summed E-state index contributed by atoms with van der Waals surface area (Å²) in [7, 11) is 0. The van der Waals surface area contributed by atoms with E-state index in [-0.39, 0.29) is 5.82 Å². The molecule has 112 valence electrons. The van der Waals surface area contributed by atoms with Crippen LogP contribution in [-0.2, 0) is 6.61 Å². The summed E-state index contributed by atoms with van der Waals surface area (Å²) in [4.78, 5) is 0. The molecule has 0 spiro atoms. The fourth-order valence-electron chi connectivity index (χ4n) is 2.32. The lowest BCUT2D eigenvalue weighted by molar-refractivity contribution is 0.305. The third-order valence-electron chi connectivity index (χ3n) is 3.50. The Morgan fingerprint density at radius 3 is 2.39 bits per heavy atom. The maximum absolute atomic E-state index is 13.4. The maximum atomic E-state index is 13.4. The topological polar surface area (TPSA) is 33.0 Å². The first-order valence-electron chi connectivity index (χ1n) is 7.23. The van der Waals surface area contributed by atoms with Crippen molar-refractivity contribution in [1.29, 1.82) is 5.26 Å². The zero-order valence-corrected chi connectivity index (χ0v) is 12.4. The van der Waals surface area contributed by atoms with Crippen molar-refractivity contribution in [2.24, 2.45) is 0 Å². The second-order valence-corrected chi connectivity index (χ2v) is 5.11. The van der Waals surface area contributed by atoms with Crippen LogP contribution in [0.5, 0.6) is 5.75 Å². The van der Waals surface area contributed by atoms with E-state index in [1.54, 1.807) is 24.3 Å². The van der Waals surface area contributed by atoms with Gasteiger partial charge >= 0.3 is 0 Å². The van der Waals surface area contributed by atoms with Crippen LogP contribution in [0.2, 0.25) is 0 Å². The summed E-state index contributed by atoms with van der Waals surface area (Å²) in [5.74, 6) is 0.205. The van der Waals surface area contributed by atoms with E-state index in [0.717, 1.165) is 16.7 Å². The predicted octanol–water partition coefficient (Wildman–Crippen LogP) is 4.94. The van der Waals surface area contributed by atoms with Crippen molar-refractivity contribution in [2.75, 3.05) is 0 Å². The van der Waals surface area contributed by atoms with Crippen molar-refractivity contribution in [1.82, 2.24) is 0 Å². The van der Waals surface area contributed by atoms with Gasteiger partial charge in [-0.1, -0.05) is 48.5 Å². The number of halogens is 1. The molecule has 0 bridgehead atoms. The Morgan fingerprint density at radius 2 is 1.65 bits per heavy atom. The van der Waals surface area contributed by atoms with Crippen LogP contribution in [0.4, 0.5) is 4.39 Å². The lowest BCUT2D eigenvalue weighted by atomic mass is 10.0. The van der Waals surface area contributed by atoms with Gasteiger partial charge in [-0.05, 0) is 41.0 Å². The summed E-state index contributed by atoms with van der Waals surface area (Å²) < 4.78 is 19.2. The second kappa shape index (κ2) is 6.76. The zero-order chi connectivity index (χ0) is 16.1. The number of rotatable bonds is 4. The average molecular weight is 303 g/mol. The summed E-state index contributed by atoms with van der Waals surface area (Å²) in [5.41, 5.74) is 3.04. The van der Waals surface area contributed by atoms with Crippen molar-refractivity contribution in [3.8, 4) is 22.9 Å². The molecule has 0 N–H and O–H groups in total. The van der Waals surface area contributed by atoms with E-state index in [2.05, 4.69) is 6.07 Å². The van der Waals surface area contributed by atoms with Gasteiger partial charge in [-0.15, -0.1) is 0 Å². The van der Waals surface area contributed by atoms with Crippen molar-refractivity contribution in [3.05, 3.63) is 89.7 Å². The highest BCUT2D eigenvalue weighted by molar-refractivity contribution is 5.67. The molecule has 0 amide bonds. The Balaban J connectivity index is 1.89. The molecule has 3 aromatic carbocycles. The van der Waals surface area contributed by atoms with Gasteiger partial charge in [0.15, 0.2) is 0 Å². The molecular weight excluding hydrogens is 289 g/mol. The van der Waals surface area contributed by atoms with Crippen LogP contribution in [0.15, 0.2) is 72.8 Å². The number of hydrogen-bond donors (Lipinski definition) is 0. The van der Waals surface area contributed by atoms with Crippen LogP contribution in [0, 0.1) is 17.1 Å². The van der Waals surface area contributed by atoms with E-state index in [9.17, 15) is 9.65 Å². The summed E-state index contributed by atoms with van der Waals surface area (Å²) in [6.45, 7) is 0.377. The van der Waals surface area contributed by atoms with Crippen LogP contribution < -0.4 is 4.74 Å². The molecule has 0 aliphatic carbocycles. The first-order valence-corrected chi connectivity index (χ1v) is 7.23. The first kappa shape index (κ1) is 14.8. The molecule has 0 aromatic heterocycles. The number of benzene rings is 3. The Hall–Kier alpha value is -3.12.